The van der Waals surface area contributed by atoms with Crippen molar-refractivity contribution in [2.24, 2.45) is 0 Å². The summed E-state index contributed by atoms with van der Waals surface area (Å²) in [6.45, 7) is 3.19. The minimum atomic E-state index is -0.324. The summed E-state index contributed by atoms with van der Waals surface area (Å²) in [6, 6.07) is 3.68. The molecule has 1 amide bonds. The molecule has 1 aromatic rings. The number of carbonyl (C=O) groups excluding carboxylic acids is 1. The number of rotatable bonds is 3. The summed E-state index contributed by atoms with van der Waals surface area (Å²) in [5.41, 5.74) is 0.152. The van der Waals surface area contributed by atoms with E-state index in [0.717, 1.165) is 19.7 Å². The number of morpholine rings is 1. The van der Waals surface area contributed by atoms with E-state index in [1.807, 2.05) is 0 Å². The lowest BCUT2D eigenvalue weighted by molar-refractivity contribution is -0.0462. The topological polar surface area (TPSA) is 54.5 Å². The Hall–Kier alpha value is -0.880. The minimum Gasteiger partial charge on any atom is -0.373 e. The number of halogens is 2. The first kappa shape index (κ1) is 15.0. The van der Waals surface area contributed by atoms with Crippen LogP contribution in [0.2, 0.25) is 10.2 Å². The van der Waals surface area contributed by atoms with Gasteiger partial charge < -0.3 is 10.1 Å². The molecule has 2 aliphatic heterocycles. The Morgan fingerprint density at radius 2 is 2.33 bits per heavy atom. The molecular weight excluding hydrogens is 313 g/mol. The van der Waals surface area contributed by atoms with Crippen molar-refractivity contribution in [1.29, 1.82) is 0 Å². The number of aromatic nitrogens is 1. The third-order valence-corrected chi connectivity index (χ3v) is 4.49. The highest BCUT2D eigenvalue weighted by Crippen LogP contribution is 2.22. The minimum absolute atomic E-state index is 0.0151. The quantitative estimate of drug-likeness (QED) is 0.861. The van der Waals surface area contributed by atoms with Gasteiger partial charge in [0.1, 0.15) is 10.8 Å². The Morgan fingerprint density at radius 1 is 1.48 bits per heavy atom. The Morgan fingerprint density at radius 3 is 3.19 bits per heavy atom. The van der Waals surface area contributed by atoms with Crippen molar-refractivity contribution in [3.8, 4) is 0 Å². The first-order chi connectivity index (χ1) is 10.1. The highest BCUT2D eigenvalue weighted by atomic mass is 35.5. The molecule has 2 atom stereocenters. The number of nitrogens with one attached hydrogen (secondary N) is 1. The van der Waals surface area contributed by atoms with Crippen LogP contribution in [0.4, 0.5) is 0 Å². The summed E-state index contributed by atoms with van der Waals surface area (Å²) < 4.78 is 5.80. The van der Waals surface area contributed by atoms with Gasteiger partial charge in [0.25, 0.3) is 5.91 Å². The standard InChI is InChI=1S/C14H17Cl2N3O2/c15-11-3-4-12(16)18-13(11)14(20)17-6-10-7-19-5-1-2-9(19)8-21-10/h3-4,9-10H,1-2,5-8H2,(H,17,20). The number of amides is 1. The first-order valence-electron chi connectivity index (χ1n) is 7.09. The van der Waals surface area contributed by atoms with Gasteiger partial charge in [0.05, 0.1) is 17.7 Å². The fourth-order valence-corrected chi connectivity index (χ4v) is 3.22. The van der Waals surface area contributed by atoms with Crippen molar-refractivity contribution < 1.29 is 9.53 Å². The lowest BCUT2D eigenvalue weighted by Crippen LogP contribution is -2.50. The van der Waals surface area contributed by atoms with Crippen LogP contribution in [0.15, 0.2) is 12.1 Å². The predicted octanol–water partition coefficient (Wildman–Crippen LogP) is 1.98. The van der Waals surface area contributed by atoms with Gasteiger partial charge in [0.15, 0.2) is 0 Å². The molecule has 1 aromatic heterocycles. The van der Waals surface area contributed by atoms with Crippen molar-refractivity contribution in [1.82, 2.24) is 15.2 Å². The molecule has 2 fully saturated rings. The third-order valence-electron chi connectivity index (χ3n) is 3.98. The van der Waals surface area contributed by atoms with Crippen LogP contribution in [-0.4, -0.2) is 54.2 Å². The van der Waals surface area contributed by atoms with Crippen molar-refractivity contribution in [3.05, 3.63) is 28.0 Å². The highest BCUT2D eigenvalue weighted by Gasteiger charge is 2.32. The van der Waals surface area contributed by atoms with Crippen molar-refractivity contribution in [2.75, 3.05) is 26.2 Å². The summed E-state index contributed by atoms with van der Waals surface area (Å²) in [5.74, 6) is -0.324. The molecule has 2 aliphatic rings. The van der Waals surface area contributed by atoms with E-state index < -0.39 is 0 Å². The summed E-state index contributed by atoms with van der Waals surface area (Å²) >= 11 is 11.8. The van der Waals surface area contributed by atoms with Gasteiger partial charge in [-0.2, -0.15) is 0 Å². The Labute approximate surface area is 133 Å². The molecule has 2 saturated heterocycles. The van der Waals surface area contributed by atoms with Crippen LogP contribution in [0.25, 0.3) is 0 Å². The molecule has 0 aromatic carbocycles. The molecule has 114 valence electrons. The van der Waals surface area contributed by atoms with Crippen molar-refractivity contribution in [2.45, 2.75) is 25.0 Å². The average molecular weight is 330 g/mol. The second kappa shape index (κ2) is 6.48. The number of carbonyl (C=O) groups is 1. The van der Waals surface area contributed by atoms with Gasteiger partial charge in [0, 0.05) is 19.1 Å². The van der Waals surface area contributed by atoms with Crippen LogP contribution in [0.1, 0.15) is 23.3 Å². The number of hydrogen-bond acceptors (Lipinski definition) is 4. The molecule has 0 radical (unpaired) electrons. The van der Waals surface area contributed by atoms with Gasteiger partial charge >= 0.3 is 0 Å². The molecule has 5 nitrogen and oxygen atoms in total. The zero-order chi connectivity index (χ0) is 14.8. The molecular formula is C14H17Cl2N3O2. The molecule has 3 rings (SSSR count). The molecule has 0 aliphatic carbocycles. The van der Waals surface area contributed by atoms with E-state index in [9.17, 15) is 4.79 Å². The van der Waals surface area contributed by atoms with Crippen LogP contribution in [0.3, 0.4) is 0 Å². The number of hydrogen-bond donors (Lipinski definition) is 1. The Balaban J connectivity index is 1.55. The highest BCUT2D eigenvalue weighted by molar-refractivity contribution is 6.34. The van der Waals surface area contributed by atoms with Crippen LogP contribution < -0.4 is 5.32 Å². The van der Waals surface area contributed by atoms with Gasteiger partial charge in [-0.25, -0.2) is 4.98 Å². The SMILES string of the molecule is O=C(NCC1CN2CCCC2CO1)c1nc(Cl)ccc1Cl. The second-order valence-corrected chi connectivity index (χ2v) is 6.22. The first-order valence-corrected chi connectivity index (χ1v) is 7.85. The smallest absolute Gasteiger partial charge is 0.271 e. The van der Waals surface area contributed by atoms with Crippen LogP contribution in [-0.2, 0) is 4.74 Å². The molecule has 0 spiro atoms. The lowest BCUT2D eigenvalue weighted by atomic mass is 10.2. The van der Waals surface area contributed by atoms with Gasteiger partial charge in [-0.1, -0.05) is 23.2 Å². The average Bonchev–Trinajstić information content (AvgIpc) is 2.94. The summed E-state index contributed by atoms with van der Waals surface area (Å²) in [4.78, 5) is 18.5. The van der Waals surface area contributed by atoms with Gasteiger partial charge in [-0.05, 0) is 31.5 Å². The third kappa shape index (κ3) is 3.48. The van der Waals surface area contributed by atoms with Gasteiger partial charge in [0.2, 0.25) is 0 Å². The fourth-order valence-electron chi connectivity index (χ4n) is 2.88. The maximum absolute atomic E-state index is 12.1. The van der Waals surface area contributed by atoms with E-state index in [-0.39, 0.29) is 22.9 Å². The monoisotopic (exact) mass is 329 g/mol. The zero-order valence-corrected chi connectivity index (χ0v) is 13.0. The van der Waals surface area contributed by atoms with Crippen LogP contribution in [0, 0.1) is 0 Å². The zero-order valence-electron chi connectivity index (χ0n) is 11.5. The number of ether oxygens (including phenoxy) is 1. The van der Waals surface area contributed by atoms with Gasteiger partial charge in [-0.15, -0.1) is 0 Å². The van der Waals surface area contributed by atoms with Crippen molar-refractivity contribution in [3.63, 3.8) is 0 Å². The predicted molar refractivity (Wildman–Crippen MR) is 80.9 cm³/mol. The number of nitrogens with zero attached hydrogens (tertiary/aromatic N) is 2. The summed E-state index contributed by atoms with van der Waals surface area (Å²) in [5, 5.41) is 3.36. The summed E-state index contributed by atoms with van der Waals surface area (Å²) in [6.07, 6.45) is 2.46. The summed E-state index contributed by atoms with van der Waals surface area (Å²) in [7, 11) is 0. The molecule has 0 bridgehead atoms. The van der Waals surface area contributed by atoms with Crippen LogP contribution in [0.5, 0.6) is 0 Å². The van der Waals surface area contributed by atoms with Crippen molar-refractivity contribution >= 4 is 29.1 Å². The van der Waals surface area contributed by atoms with Gasteiger partial charge in [-0.3, -0.25) is 9.69 Å². The number of pyridine rings is 1. The second-order valence-electron chi connectivity index (χ2n) is 5.42. The maximum atomic E-state index is 12.1. The largest absolute Gasteiger partial charge is 0.373 e. The van der Waals surface area contributed by atoms with E-state index in [0.29, 0.717) is 17.6 Å². The van der Waals surface area contributed by atoms with E-state index >= 15 is 0 Å². The molecule has 3 heterocycles. The molecule has 2 unspecified atom stereocenters. The van der Waals surface area contributed by atoms with E-state index in [4.69, 9.17) is 27.9 Å². The van der Waals surface area contributed by atoms with E-state index in [1.165, 1.54) is 12.8 Å². The maximum Gasteiger partial charge on any atom is 0.271 e. The van der Waals surface area contributed by atoms with E-state index in [1.54, 1.807) is 12.1 Å². The van der Waals surface area contributed by atoms with Crippen LogP contribution >= 0.6 is 23.2 Å². The Kier molecular flexibility index (Phi) is 4.64. The molecule has 7 heteroatoms. The Bertz CT molecular complexity index is 541. The molecule has 1 N–H and O–H groups in total. The van der Waals surface area contributed by atoms with E-state index in [2.05, 4.69) is 15.2 Å². The lowest BCUT2D eigenvalue weighted by Gasteiger charge is -2.35. The normalized spacial score (nSPS) is 25.6. The molecule has 21 heavy (non-hydrogen) atoms. The number of fused-ring (bicyclic) bond motifs is 1. The molecule has 0 saturated carbocycles. The fraction of sp³-hybridized carbons (Fsp3) is 0.571.